The van der Waals surface area contributed by atoms with Gasteiger partial charge in [-0.1, -0.05) is 45.8 Å². The molecule has 1 aromatic rings. The van der Waals surface area contributed by atoms with Gasteiger partial charge in [0.15, 0.2) is 0 Å². The van der Waals surface area contributed by atoms with Gasteiger partial charge >= 0.3 is 0 Å². The van der Waals surface area contributed by atoms with Crippen molar-refractivity contribution in [2.24, 2.45) is 5.73 Å². The maximum absolute atomic E-state index is 5.50. The SMILES string of the molecule is Cc1ccc(C(Br)CN)cc1. The Morgan fingerprint density at radius 1 is 1.36 bits per heavy atom. The molecule has 0 saturated carbocycles. The van der Waals surface area contributed by atoms with Crippen molar-refractivity contribution >= 4 is 15.9 Å². The fourth-order valence-electron chi connectivity index (χ4n) is 0.911. The Bertz CT molecular complexity index is 218. The van der Waals surface area contributed by atoms with Crippen LogP contribution in [0.4, 0.5) is 0 Å². The lowest BCUT2D eigenvalue weighted by Crippen LogP contribution is -2.05. The Morgan fingerprint density at radius 3 is 2.36 bits per heavy atom. The first kappa shape index (κ1) is 8.75. The number of aryl methyl sites for hydroxylation is 1. The molecule has 0 spiro atoms. The minimum Gasteiger partial charge on any atom is -0.329 e. The van der Waals surface area contributed by atoms with E-state index < -0.39 is 0 Å². The Labute approximate surface area is 75.7 Å². The van der Waals surface area contributed by atoms with E-state index in [1.807, 2.05) is 0 Å². The van der Waals surface area contributed by atoms with Crippen LogP contribution in [0.2, 0.25) is 0 Å². The summed E-state index contributed by atoms with van der Waals surface area (Å²) < 4.78 is 0. The molecule has 0 radical (unpaired) electrons. The Hall–Kier alpha value is -0.340. The molecule has 1 atom stereocenters. The van der Waals surface area contributed by atoms with Crippen LogP contribution in [0.3, 0.4) is 0 Å². The number of benzene rings is 1. The van der Waals surface area contributed by atoms with Crippen LogP contribution in [0, 0.1) is 6.92 Å². The van der Waals surface area contributed by atoms with Crippen molar-refractivity contribution in [1.29, 1.82) is 0 Å². The van der Waals surface area contributed by atoms with Crippen LogP contribution < -0.4 is 5.73 Å². The summed E-state index contributed by atoms with van der Waals surface area (Å²) >= 11 is 3.48. The predicted octanol–water partition coefficient (Wildman–Crippen LogP) is 2.39. The second-order valence-corrected chi connectivity index (χ2v) is 3.72. The Morgan fingerprint density at radius 2 is 1.91 bits per heavy atom. The highest BCUT2D eigenvalue weighted by Crippen LogP contribution is 2.20. The van der Waals surface area contributed by atoms with Crippen molar-refractivity contribution in [2.75, 3.05) is 6.54 Å². The number of hydrogen-bond donors (Lipinski definition) is 1. The quantitative estimate of drug-likeness (QED) is 0.751. The lowest BCUT2D eigenvalue weighted by molar-refractivity contribution is 0.957. The molecular formula is C9H12BrN. The lowest BCUT2D eigenvalue weighted by Gasteiger charge is -2.06. The summed E-state index contributed by atoms with van der Waals surface area (Å²) in [5, 5.41) is 0. The van der Waals surface area contributed by atoms with Gasteiger partial charge in [-0.15, -0.1) is 0 Å². The van der Waals surface area contributed by atoms with Crippen molar-refractivity contribution in [3.05, 3.63) is 35.4 Å². The second-order valence-electron chi connectivity index (χ2n) is 2.61. The van der Waals surface area contributed by atoms with Gasteiger partial charge in [-0.05, 0) is 12.5 Å². The summed E-state index contributed by atoms with van der Waals surface area (Å²) in [5.74, 6) is 0. The first-order valence-electron chi connectivity index (χ1n) is 3.64. The maximum Gasteiger partial charge on any atom is 0.0517 e. The van der Waals surface area contributed by atoms with Crippen LogP contribution in [-0.2, 0) is 0 Å². The molecule has 2 N–H and O–H groups in total. The highest BCUT2D eigenvalue weighted by atomic mass is 79.9. The summed E-state index contributed by atoms with van der Waals surface area (Å²) in [5.41, 5.74) is 8.03. The Kier molecular flexibility index (Phi) is 3.09. The van der Waals surface area contributed by atoms with Crippen molar-refractivity contribution in [3.63, 3.8) is 0 Å². The molecule has 1 rings (SSSR count). The zero-order valence-corrected chi connectivity index (χ0v) is 8.14. The van der Waals surface area contributed by atoms with Gasteiger partial charge in [0.25, 0.3) is 0 Å². The van der Waals surface area contributed by atoms with Gasteiger partial charge < -0.3 is 5.73 Å². The van der Waals surface area contributed by atoms with Crippen LogP contribution in [-0.4, -0.2) is 6.54 Å². The first-order valence-corrected chi connectivity index (χ1v) is 4.56. The average Bonchev–Trinajstić information content (AvgIpc) is 2.05. The zero-order chi connectivity index (χ0) is 8.27. The van der Waals surface area contributed by atoms with E-state index in [0.717, 1.165) is 0 Å². The topological polar surface area (TPSA) is 26.0 Å². The van der Waals surface area contributed by atoms with Crippen LogP contribution in [0.5, 0.6) is 0 Å². The largest absolute Gasteiger partial charge is 0.329 e. The summed E-state index contributed by atoms with van der Waals surface area (Å²) in [6, 6.07) is 8.39. The molecule has 11 heavy (non-hydrogen) atoms. The molecule has 0 aliphatic heterocycles. The molecule has 0 saturated heterocycles. The highest BCUT2D eigenvalue weighted by Gasteiger charge is 2.02. The van der Waals surface area contributed by atoms with Gasteiger partial charge in [0.05, 0.1) is 4.83 Å². The zero-order valence-electron chi connectivity index (χ0n) is 6.55. The maximum atomic E-state index is 5.50. The van der Waals surface area contributed by atoms with Crippen molar-refractivity contribution < 1.29 is 0 Å². The normalized spacial score (nSPS) is 13.0. The van der Waals surface area contributed by atoms with E-state index in [1.54, 1.807) is 0 Å². The van der Waals surface area contributed by atoms with Crippen LogP contribution in [0.25, 0.3) is 0 Å². The van der Waals surface area contributed by atoms with Gasteiger partial charge in [-0.25, -0.2) is 0 Å². The van der Waals surface area contributed by atoms with E-state index in [0.29, 0.717) is 11.4 Å². The minimum absolute atomic E-state index is 0.295. The van der Waals surface area contributed by atoms with E-state index in [9.17, 15) is 0 Å². The smallest absolute Gasteiger partial charge is 0.0517 e. The second kappa shape index (κ2) is 3.88. The number of hydrogen-bond acceptors (Lipinski definition) is 1. The molecule has 2 heteroatoms. The Balaban J connectivity index is 2.81. The standard InChI is InChI=1S/C9H12BrN/c1-7-2-4-8(5-3-7)9(10)6-11/h2-5,9H,6,11H2,1H3. The summed E-state index contributed by atoms with van der Waals surface area (Å²) in [7, 11) is 0. The summed E-state index contributed by atoms with van der Waals surface area (Å²) in [6.07, 6.45) is 0. The number of alkyl halides is 1. The average molecular weight is 214 g/mol. The number of nitrogens with two attached hydrogens (primary N) is 1. The van der Waals surface area contributed by atoms with E-state index in [4.69, 9.17) is 5.73 Å². The number of rotatable bonds is 2. The van der Waals surface area contributed by atoms with Gasteiger partial charge in [0.1, 0.15) is 0 Å². The highest BCUT2D eigenvalue weighted by molar-refractivity contribution is 9.09. The molecule has 0 amide bonds. The monoisotopic (exact) mass is 213 g/mol. The third kappa shape index (κ3) is 2.31. The van der Waals surface area contributed by atoms with Crippen molar-refractivity contribution in [3.8, 4) is 0 Å². The molecule has 1 unspecified atom stereocenters. The summed E-state index contributed by atoms with van der Waals surface area (Å²) in [4.78, 5) is 0.295. The third-order valence-electron chi connectivity index (χ3n) is 1.65. The third-order valence-corrected chi connectivity index (χ3v) is 2.55. The fraction of sp³-hybridized carbons (Fsp3) is 0.333. The van der Waals surface area contributed by atoms with Crippen molar-refractivity contribution in [2.45, 2.75) is 11.8 Å². The van der Waals surface area contributed by atoms with E-state index in [1.165, 1.54) is 11.1 Å². The fourth-order valence-corrected chi connectivity index (χ4v) is 1.22. The van der Waals surface area contributed by atoms with Gasteiger partial charge in [0, 0.05) is 6.54 Å². The number of halogens is 1. The van der Waals surface area contributed by atoms with Gasteiger partial charge in [-0.3, -0.25) is 0 Å². The molecule has 0 aliphatic rings. The molecule has 60 valence electrons. The summed E-state index contributed by atoms with van der Waals surface area (Å²) in [6.45, 7) is 2.72. The predicted molar refractivity (Wildman–Crippen MR) is 51.9 cm³/mol. The molecule has 0 aliphatic carbocycles. The van der Waals surface area contributed by atoms with E-state index in [-0.39, 0.29) is 0 Å². The molecule has 0 bridgehead atoms. The molecule has 1 aromatic carbocycles. The van der Waals surface area contributed by atoms with Gasteiger partial charge in [-0.2, -0.15) is 0 Å². The van der Waals surface area contributed by atoms with Crippen LogP contribution >= 0.6 is 15.9 Å². The molecule has 0 fully saturated rings. The lowest BCUT2D eigenvalue weighted by atomic mass is 10.1. The van der Waals surface area contributed by atoms with Crippen LogP contribution in [0.1, 0.15) is 16.0 Å². The van der Waals surface area contributed by atoms with E-state index in [2.05, 4.69) is 47.1 Å². The molecule has 0 heterocycles. The first-order chi connectivity index (χ1) is 5.24. The minimum atomic E-state index is 0.295. The molecule has 0 aromatic heterocycles. The molecular weight excluding hydrogens is 202 g/mol. The molecule has 1 nitrogen and oxygen atoms in total. The van der Waals surface area contributed by atoms with Crippen molar-refractivity contribution in [1.82, 2.24) is 0 Å². The van der Waals surface area contributed by atoms with E-state index >= 15 is 0 Å². The van der Waals surface area contributed by atoms with Crippen LogP contribution in [0.15, 0.2) is 24.3 Å². The van der Waals surface area contributed by atoms with Gasteiger partial charge in [0.2, 0.25) is 0 Å².